The third kappa shape index (κ3) is 5.32. The highest BCUT2D eigenvalue weighted by atomic mass is 32.1. The summed E-state index contributed by atoms with van der Waals surface area (Å²) in [5, 5.41) is 0. The van der Waals surface area contributed by atoms with Crippen molar-refractivity contribution >= 4 is 34.9 Å². The van der Waals surface area contributed by atoms with Crippen LogP contribution < -0.4 is 24.7 Å². The Balaban J connectivity index is 1.53. The SMILES string of the molecule is Cc1ccc(/C=c2/sc3n(c2=O)[C@@H](c2ccc(N(C)C)cc2)C2=C(N=3)/C(=C/c3ccc(N(C)C)cc3)CCC2)cc1. The molecular formula is C35H36N4OS. The fourth-order valence-corrected chi connectivity index (χ4v) is 6.70. The predicted octanol–water partition coefficient (Wildman–Crippen LogP) is 5.92. The molecule has 1 aliphatic heterocycles. The number of fused-ring (bicyclic) bond motifs is 1. The molecule has 0 unspecified atom stereocenters. The molecule has 6 rings (SSSR count). The molecule has 208 valence electrons. The lowest BCUT2D eigenvalue weighted by Crippen LogP contribution is -2.39. The summed E-state index contributed by atoms with van der Waals surface area (Å²) in [4.78, 5) is 24.2. The number of benzene rings is 3. The lowest BCUT2D eigenvalue weighted by molar-refractivity contribution is 0.553. The van der Waals surface area contributed by atoms with E-state index in [-0.39, 0.29) is 11.6 Å². The van der Waals surface area contributed by atoms with Crippen LogP contribution in [0.5, 0.6) is 0 Å². The predicted molar refractivity (Wildman–Crippen MR) is 173 cm³/mol. The van der Waals surface area contributed by atoms with E-state index in [1.807, 2.05) is 24.7 Å². The van der Waals surface area contributed by atoms with Gasteiger partial charge in [-0.2, -0.15) is 0 Å². The molecule has 0 spiro atoms. The van der Waals surface area contributed by atoms with Crippen molar-refractivity contribution in [1.29, 1.82) is 0 Å². The molecule has 6 heteroatoms. The smallest absolute Gasteiger partial charge is 0.271 e. The number of hydrogen-bond acceptors (Lipinski definition) is 5. The Hall–Kier alpha value is -4.16. The molecule has 0 saturated heterocycles. The van der Waals surface area contributed by atoms with Crippen LogP contribution in [0.3, 0.4) is 0 Å². The third-order valence-electron chi connectivity index (χ3n) is 7.98. The van der Waals surface area contributed by atoms with Crippen molar-refractivity contribution in [1.82, 2.24) is 4.57 Å². The lowest BCUT2D eigenvalue weighted by atomic mass is 9.83. The molecular weight excluding hydrogens is 524 g/mol. The monoisotopic (exact) mass is 560 g/mol. The lowest BCUT2D eigenvalue weighted by Gasteiger charge is -2.31. The van der Waals surface area contributed by atoms with Crippen molar-refractivity contribution in [3.8, 4) is 0 Å². The molecule has 41 heavy (non-hydrogen) atoms. The molecule has 0 N–H and O–H groups in total. The van der Waals surface area contributed by atoms with Gasteiger partial charge in [0.1, 0.15) is 0 Å². The zero-order valence-electron chi connectivity index (χ0n) is 24.4. The van der Waals surface area contributed by atoms with Crippen molar-refractivity contribution in [2.45, 2.75) is 32.2 Å². The molecule has 0 amide bonds. The van der Waals surface area contributed by atoms with Gasteiger partial charge >= 0.3 is 0 Å². The average molecular weight is 561 g/mol. The van der Waals surface area contributed by atoms with Crippen LogP contribution in [0.1, 0.15) is 47.6 Å². The van der Waals surface area contributed by atoms with Crippen molar-refractivity contribution in [2.24, 2.45) is 4.99 Å². The number of aryl methyl sites for hydroxylation is 1. The molecule has 5 nitrogen and oxygen atoms in total. The van der Waals surface area contributed by atoms with Gasteiger partial charge in [0.05, 0.1) is 16.3 Å². The fourth-order valence-electron chi connectivity index (χ4n) is 5.70. The van der Waals surface area contributed by atoms with Gasteiger partial charge in [-0.15, -0.1) is 0 Å². The van der Waals surface area contributed by atoms with Crippen molar-refractivity contribution < 1.29 is 0 Å². The van der Waals surface area contributed by atoms with Gasteiger partial charge in [-0.25, -0.2) is 4.99 Å². The van der Waals surface area contributed by atoms with E-state index in [1.54, 1.807) is 0 Å². The molecule has 0 fully saturated rings. The summed E-state index contributed by atoms with van der Waals surface area (Å²) in [6, 6.07) is 25.4. The average Bonchev–Trinajstić information content (AvgIpc) is 3.28. The summed E-state index contributed by atoms with van der Waals surface area (Å²) in [6.07, 6.45) is 7.22. The van der Waals surface area contributed by atoms with Crippen LogP contribution in [0, 0.1) is 6.92 Å². The minimum Gasteiger partial charge on any atom is -0.378 e. The Kier molecular flexibility index (Phi) is 7.26. The highest BCUT2D eigenvalue weighted by Crippen LogP contribution is 2.41. The van der Waals surface area contributed by atoms with Crippen molar-refractivity contribution in [3.05, 3.63) is 132 Å². The maximum Gasteiger partial charge on any atom is 0.271 e. The minimum absolute atomic E-state index is 0.0259. The highest BCUT2D eigenvalue weighted by molar-refractivity contribution is 7.07. The second-order valence-corrected chi connectivity index (χ2v) is 12.4. The Bertz CT molecular complexity index is 1820. The second-order valence-electron chi connectivity index (χ2n) is 11.4. The summed E-state index contributed by atoms with van der Waals surface area (Å²) in [7, 11) is 8.21. The molecule has 0 saturated carbocycles. The van der Waals surface area contributed by atoms with Gasteiger partial charge in [-0.1, -0.05) is 65.4 Å². The summed E-state index contributed by atoms with van der Waals surface area (Å²) in [5.74, 6) is 0. The van der Waals surface area contributed by atoms with E-state index < -0.39 is 0 Å². The van der Waals surface area contributed by atoms with Gasteiger partial charge < -0.3 is 9.80 Å². The van der Waals surface area contributed by atoms with Crippen molar-refractivity contribution in [3.63, 3.8) is 0 Å². The first kappa shape index (κ1) is 27.0. The molecule has 2 heterocycles. The van der Waals surface area contributed by atoms with Gasteiger partial charge in [0.2, 0.25) is 0 Å². The molecule has 4 aromatic rings. The maximum atomic E-state index is 14.0. The number of anilines is 2. The van der Waals surface area contributed by atoms with E-state index >= 15 is 0 Å². The number of allylic oxidation sites excluding steroid dienone is 2. The van der Waals surface area contributed by atoms with E-state index in [0.29, 0.717) is 4.53 Å². The van der Waals surface area contributed by atoms with Crippen LogP contribution in [-0.2, 0) is 0 Å². The number of rotatable bonds is 5. The quantitative estimate of drug-likeness (QED) is 0.304. The third-order valence-corrected chi connectivity index (χ3v) is 8.97. The number of hydrogen-bond donors (Lipinski definition) is 0. The first-order valence-corrected chi connectivity index (χ1v) is 15.0. The zero-order chi connectivity index (χ0) is 28.7. The van der Waals surface area contributed by atoms with E-state index in [4.69, 9.17) is 4.99 Å². The molecule has 0 radical (unpaired) electrons. The topological polar surface area (TPSA) is 40.8 Å². The van der Waals surface area contributed by atoms with Crippen LogP contribution in [0.25, 0.3) is 12.2 Å². The molecule has 1 aliphatic carbocycles. The summed E-state index contributed by atoms with van der Waals surface area (Å²) >= 11 is 1.49. The van der Waals surface area contributed by atoms with Gasteiger partial charge in [-0.05, 0) is 90.4 Å². The first-order chi connectivity index (χ1) is 19.8. The van der Waals surface area contributed by atoms with Crippen molar-refractivity contribution in [2.75, 3.05) is 38.0 Å². The Labute approximate surface area is 245 Å². The summed E-state index contributed by atoms with van der Waals surface area (Å²) in [5.41, 5.74) is 10.4. The number of nitrogens with zero attached hydrogens (tertiary/aromatic N) is 4. The van der Waals surface area contributed by atoms with Gasteiger partial charge in [0, 0.05) is 39.6 Å². The van der Waals surface area contributed by atoms with Gasteiger partial charge in [0.25, 0.3) is 5.56 Å². The molecule has 3 aromatic carbocycles. The van der Waals surface area contributed by atoms with Crippen LogP contribution in [0.4, 0.5) is 11.4 Å². The molecule has 1 aromatic heterocycles. The fraction of sp³-hybridized carbons (Fsp3) is 0.257. The van der Waals surface area contributed by atoms with E-state index in [1.165, 1.54) is 39.3 Å². The van der Waals surface area contributed by atoms with E-state index in [2.05, 4.69) is 110 Å². The van der Waals surface area contributed by atoms with E-state index in [0.717, 1.165) is 46.6 Å². The maximum absolute atomic E-state index is 14.0. The minimum atomic E-state index is -0.169. The standard InChI is InChI=1S/C35H36N4OS/c1-23-9-11-25(12-10-23)22-31-34(40)39-33(26-15-19-29(20-16-26)38(4)5)30-8-6-7-27(32(30)36-35(39)41-31)21-24-13-17-28(18-14-24)37(2)3/h9-22,33H,6-8H2,1-5H3/b27-21+,31-22+/t33-/m0/s1. The largest absolute Gasteiger partial charge is 0.378 e. The Morgan fingerprint density at radius 1 is 0.805 bits per heavy atom. The van der Waals surface area contributed by atoms with Gasteiger partial charge in [0.15, 0.2) is 4.80 Å². The van der Waals surface area contributed by atoms with Crippen LogP contribution >= 0.6 is 11.3 Å². The molecule has 0 bridgehead atoms. The Morgan fingerprint density at radius 3 is 2.02 bits per heavy atom. The van der Waals surface area contributed by atoms with Crippen LogP contribution in [0.2, 0.25) is 0 Å². The van der Waals surface area contributed by atoms with Gasteiger partial charge in [-0.3, -0.25) is 9.36 Å². The first-order valence-electron chi connectivity index (χ1n) is 14.2. The number of thiazole rings is 1. The van der Waals surface area contributed by atoms with Crippen LogP contribution in [-0.4, -0.2) is 32.8 Å². The zero-order valence-corrected chi connectivity index (χ0v) is 25.2. The summed E-state index contributed by atoms with van der Waals surface area (Å²) < 4.78 is 2.65. The van der Waals surface area contributed by atoms with Crippen LogP contribution in [0.15, 0.2) is 99.4 Å². The molecule has 2 aliphatic rings. The molecule has 1 atom stereocenters. The second kappa shape index (κ2) is 11.0. The van der Waals surface area contributed by atoms with E-state index in [9.17, 15) is 4.79 Å². The highest BCUT2D eigenvalue weighted by Gasteiger charge is 2.32. The summed E-state index contributed by atoms with van der Waals surface area (Å²) in [6.45, 7) is 2.07. The normalized spacial score (nSPS) is 17.7. The Morgan fingerprint density at radius 2 is 1.39 bits per heavy atom. The number of aromatic nitrogens is 1.